The Morgan fingerprint density at radius 3 is 2.39 bits per heavy atom. The van der Waals surface area contributed by atoms with Gasteiger partial charge in [-0.25, -0.2) is 4.39 Å². The van der Waals surface area contributed by atoms with Gasteiger partial charge in [-0.05, 0) is 48.2 Å². The van der Waals surface area contributed by atoms with Crippen LogP contribution in [0.3, 0.4) is 0 Å². The van der Waals surface area contributed by atoms with E-state index >= 15 is 0 Å². The standard InChI is InChI=1S/C23H27Cl2FN2O2S/c1-15(2)11-27-23(30)16(3)28(12-17-4-8-20(26)9-5-17)22(29)14-31-13-18-6-7-19(24)10-21(18)25/h4-10,15-16H,11-14H2,1-3H3,(H,27,30)/t16-/m0/s1. The summed E-state index contributed by atoms with van der Waals surface area (Å²) < 4.78 is 13.3. The summed E-state index contributed by atoms with van der Waals surface area (Å²) in [6, 6.07) is 10.5. The Hall–Kier alpha value is -1.76. The largest absolute Gasteiger partial charge is 0.354 e. The van der Waals surface area contributed by atoms with Crippen LogP contribution in [0.15, 0.2) is 42.5 Å². The van der Waals surface area contributed by atoms with E-state index in [9.17, 15) is 14.0 Å². The Kier molecular flexibility index (Phi) is 10.1. The molecule has 2 aromatic rings. The van der Waals surface area contributed by atoms with E-state index in [1.165, 1.54) is 28.8 Å². The highest BCUT2D eigenvalue weighted by atomic mass is 35.5. The maximum atomic E-state index is 13.3. The zero-order valence-corrected chi connectivity index (χ0v) is 20.2. The molecule has 1 N–H and O–H groups in total. The molecule has 0 aromatic heterocycles. The molecule has 0 unspecified atom stereocenters. The van der Waals surface area contributed by atoms with Gasteiger partial charge >= 0.3 is 0 Å². The molecule has 0 bridgehead atoms. The molecule has 0 aliphatic carbocycles. The maximum Gasteiger partial charge on any atom is 0.242 e. The monoisotopic (exact) mass is 484 g/mol. The molecule has 0 aliphatic heterocycles. The Morgan fingerprint density at radius 2 is 1.77 bits per heavy atom. The molecule has 0 saturated heterocycles. The molecule has 0 radical (unpaired) electrons. The van der Waals surface area contributed by atoms with Gasteiger partial charge in [0.1, 0.15) is 11.9 Å². The fraction of sp³-hybridized carbons (Fsp3) is 0.391. The SMILES string of the molecule is CC(C)CNC(=O)[C@H](C)N(Cc1ccc(F)cc1)C(=O)CSCc1ccc(Cl)cc1Cl. The minimum Gasteiger partial charge on any atom is -0.354 e. The molecular weight excluding hydrogens is 458 g/mol. The summed E-state index contributed by atoms with van der Waals surface area (Å²) in [6.07, 6.45) is 0. The van der Waals surface area contributed by atoms with E-state index in [1.54, 1.807) is 31.2 Å². The van der Waals surface area contributed by atoms with Crippen LogP contribution in [-0.4, -0.2) is 35.1 Å². The molecule has 0 heterocycles. The Morgan fingerprint density at radius 1 is 1.10 bits per heavy atom. The molecule has 1 atom stereocenters. The highest BCUT2D eigenvalue weighted by Gasteiger charge is 2.26. The number of nitrogens with one attached hydrogen (secondary N) is 1. The van der Waals surface area contributed by atoms with Gasteiger partial charge in [0.05, 0.1) is 5.75 Å². The molecule has 2 amide bonds. The molecule has 0 aliphatic rings. The predicted molar refractivity (Wildman–Crippen MR) is 127 cm³/mol. The second-order valence-corrected chi connectivity index (χ2v) is 9.52. The lowest BCUT2D eigenvalue weighted by Crippen LogP contribution is -2.48. The minimum absolute atomic E-state index is 0.174. The topological polar surface area (TPSA) is 49.4 Å². The number of carbonyl (C=O) groups excluding carboxylic acids is 2. The average molecular weight is 485 g/mol. The molecule has 0 spiro atoms. The van der Waals surface area contributed by atoms with E-state index in [2.05, 4.69) is 5.32 Å². The van der Waals surface area contributed by atoms with E-state index in [0.29, 0.717) is 28.3 Å². The van der Waals surface area contributed by atoms with Crippen LogP contribution in [-0.2, 0) is 21.9 Å². The summed E-state index contributed by atoms with van der Waals surface area (Å²) in [5.41, 5.74) is 1.64. The zero-order chi connectivity index (χ0) is 23.0. The van der Waals surface area contributed by atoms with Gasteiger partial charge in [0.15, 0.2) is 0 Å². The Labute approximate surface area is 197 Å². The fourth-order valence-electron chi connectivity index (χ4n) is 2.79. The van der Waals surface area contributed by atoms with Crippen LogP contribution in [0.25, 0.3) is 0 Å². The third kappa shape index (κ3) is 8.36. The summed E-state index contributed by atoms with van der Waals surface area (Å²) in [4.78, 5) is 27.2. The third-order valence-electron chi connectivity index (χ3n) is 4.62. The van der Waals surface area contributed by atoms with Crippen molar-refractivity contribution < 1.29 is 14.0 Å². The number of rotatable bonds is 10. The summed E-state index contributed by atoms with van der Waals surface area (Å²) in [6.45, 7) is 6.47. The molecule has 8 heteroatoms. The third-order valence-corrected chi connectivity index (χ3v) is 6.17. The van der Waals surface area contributed by atoms with Gasteiger partial charge in [-0.2, -0.15) is 0 Å². The van der Waals surface area contributed by atoms with Crippen LogP contribution in [0.2, 0.25) is 10.0 Å². The number of benzene rings is 2. The van der Waals surface area contributed by atoms with Crippen LogP contribution >= 0.6 is 35.0 Å². The zero-order valence-electron chi connectivity index (χ0n) is 17.8. The normalized spacial score (nSPS) is 12.0. The molecule has 31 heavy (non-hydrogen) atoms. The molecule has 168 valence electrons. The Bertz CT molecular complexity index is 894. The first-order valence-electron chi connectivity index (χ1n) is 10.0. The number of carbonyl (C=O) groups is 2. The number of halogens is 3. The quantitative estimate of drug-likeness (QED) is 0.480. The maximum absolute atomic E-state index is 13.3. The van der Waals surface area contributed by atoms with Crippen molar-refractivity contribution in [2.24, 2.45) is 5.92 Å². The number of hydrogen-bond acceptors (Lipinski definition) is 3. The first-order valence-corrected chi connectivity index (χ1v) is 11.9. The molecule has 4 nitrogen and oxygen atoms in total. The van der Waals surface area contributed by atoms with Crippen molar-refractivity contribution >= 4 is 46.8 Å². The minimum atomic E-state index is -0.656. The number of thioether (sulfide) groups is 1. The van der Waals surface area contributed by atoms with Crippen molar-refractivity contribution in [2.75, 3.05) is 12.3 Å². The summed E-state index contributed by atoms with van der Waals surface area (Å²) in [5, 5.41) is 3.99. The van der Waals surface area contributed by atoms with Gasteiger partial charge in [-0.15, -0.1) is 11.8 Å². The van der Waals surface area contributed by atoms with E-state index in [-0.39, 0.29) is 29.9 Å². The molecule has 0 saturated carbocycles. The molecule has 2 aromatic carbocycles. The van der Waals surface area contributed by atoms with E-state index < -0.39 is 6.04 Å². The van der Waals surface area contributed by atoms with Crippen LogP contribution in [0.5, 0.6) is 0 Å². The van der Waals surface area contributed by atoms with Crippen molar-refractivity contribution in [1.29, 1.82) is 0 Å². The Balaban J connectivity index is 2.07. The van der Waals surface area contributed by atoms with Gasteiger partial charge in [0.25, 0.3) is 0 Å². The average Bonchev–Trinajstić information content (AvgIpc) is 2.72. The lowest BCUT2D eigenvalue weighted by atomic mass is 10.1. The first-order chi connectivity index (χ1) is 14.7. The highest BCUT2D eigenvalue weighted by molar-refractivity contribution is 7.99. The van der Waals surface area contributed by atoms with Gasteiger partial charge in [-0.3, -0.25) is 9.59 Å². The summed E-state index contributed by atoms with van der Waals surface area (Å²) >= 11 is 13.5. The molecule has 0 fully saturated rings. The number of amides is 2. The highest BCUT2D eigenvalue weighted by Crippen LogP contribution is 2.25. The molecule has 2 rings (SSSR count). The lowest BCUT2D eigenvalue weighted by Gasteiger charge is -2.29. The van der Waals surface area contributed by atoms with Crippen molar-refractivity contribution in [3.63, 3.8) is 0 Å². The second kappa shape index (κ2) is 12.3. The van der Waals surface area contributed by atoms with E-state index in [0.717, 1.165) is 11.1 Å². The van der Waals surface area contributed by atoms with Crippen molar-refractivity contribution in [1.82, 2.24) is 10.2 Å². The predicted octanol–water partition coefficient (Wildman–Crippen LogP) is 5.56. The van der Waals surface area contributed by atoms with E-state index in [1.807, 2.05) is 19.9 Å². The number of hydrogen-bond donors (Lipinski definition) is 1. The second-order valence-electron chi connectivity index (χ2n) is 7.69. The van der Waals surface area contributed by atoms with Gasteiger partial charge < -0.3 is 10.2 Å². The van der Waals surface area contributed by atoms with Crippen molar-refractivity contribution in [2.45, 2.75) is 39.1 Å². The summed E-state index contributed by atoms with van der Waals surface area (Å²) in [5.74, 6) is 0.292. The first kappa shape index (κ1) is 25.5. The van der Waals surface area contributed by atoms with Gasteiger partial charge in [-0.1, -0.05) is 55.2 Å². The van der Waals surface area contributed by atoms with Gasteiger partial charge in [0, 0.05) is 28.9 Å². The lowest BCUT2D eigenvalue weighted by molar-refractivity contribution is -0.138. The fourth-order valence-corrected chi connectivity index (χ4v) is 4.26. The van der Waals surface area contributed by atoms with Crippen LogP contribution in [0, 0.1) is 11.7 Å². The van der Waals surface area contributed by atoms with Crippen molar-refractivity contribution in [3.05, 3.63) is 69.5 Å². The number of nitrogens with zero attached hydrogens (tertiary/aromatic N) is 1. The van der Waals surface area contributed by atoms with Crippen molar-refractivity contribution in [3.8, 4) is 0 Å². The van der Waals surface area contributed by atoms with E-state index in [4.69, 9.17) is 23.2 Å². The molecular formula is C23H27Cl2FN2O2S. The van der Waals surface area contributed by atoms with Crippen LogP contribution in [0.4, 0.5) is 4.39 Å². The smallest absolute Gasteiger partial charge is 0.242 e. The van der Waals surface area contributed by atoms with Crippen LogP contribution < -0.4 is 5.32 Å². The summed E-state index contributed by atoms with van der Waals surface area (Å²) in [7, 11) is 0. The van der Waals surface area contributed by atoms with Crippen LogP contribution in [0.1, 0.15) is 31.9 Å². The van der Waals surface area contributed by atoms with Gasteiger partial charge in [0.2, 0.25) is 11.8 Å².